The minimum Gasteiger partial charge on any atom is -0.457 e. The Morgan fingerprint density at radius 2 is 1.05 bits per heavy atom. The lowest BCUT2D eigenvalue weighted by molar-refractivity contribution is -0.220. The van der Waals surface area contributed by atoms with Gasteiger partial charge in [0.25, 0.3) is 0 Å². The first kappa shape index (κ1) is 52.3. The number of hydrogen-bond acceptors (Lipinski definition) is 11. The van der Waals surface area contributed by atoms with Gasteiger partial charge in [0.1, 0.15) is 42.7 Å². The summed E-state index contributed by atoms with van der Waals surface area (Å²) in [7, 11) is -5.02. The summed E-state index contributed by atoms with van der Waals surface area (Å²) in [4.78, 5) is 23.1. The highest BCUT2D eigenvalue weighted by atomic mass is 31.2. The molecular weight excluding hydrogens is 739 g/mol. The molecule has 0 aromatic heterocycles. The normalized spacial score (nSPS) is 23.5. The van der Waals surface area contributed by atoms with Gasteiger partial charge in [0, 0.05) is 13.0 Å². The largest absolute Gasteiger partial charge is 0.472 e. The second-order valence-electron chi connectivity index (χ2n) is 14.8. The molecule has 1 saturated carbocycles. The van der Waals surface area contributed by atoms with Crippen LogP contribution in [0.25, 0.3) is 0 Å². The fourth-order valence-corrected chi connectivity index (χ4v) is 7.22. The van der Waals surface area contributed by atoms with Crippen LogP contribution in [0.1, 0.15) is 155 Å². The molecule has 0 bridgehead atoms. The van der Waals surface area contributed by atoms with Crippen LogP contribution in [0.15, 0.2) is 48.6 Å². The molecule has 326 valence electrons. The van der Waals surface area contributed by atoms with E-state index in [0.29, 0.717) is 13.0 Å². The van der Waals surface area contributed by atoms with Crippen molar-refractivity contribution in [3.63, 3.8) is 0 Å². The minimum atomic E-state index is -5.02. The van der Waals surface area contributed by atoms with Crippen molar-refractivity contribution < 1.29 is 58.3 Å². The van der Waals surface area contributed by atoms with Gasteiger partial charge in [-0.3, -0.25) is 13.8 Å². The molecular formula is C43H77O12P. The number of carbonyl (C=O) groups is 1. The lowest BCUT2D eigenvalue weighted by atomic mass is 9.85. The van der Waals surface area contributed by atoms with Crippen molar-refractivity contribution in [2.24, 2.45) is 0 Å². The smallest absolute Gasteiger partial charge is 0.457 e. The molecule has 0 aromatic carbocycles. The number of ether oxygens (including phenoxy) is 2. The minimum absolute atomic E-state index is 0.0902. The Kier molecular flexibility index (Phi) is 31.9. The van der Waals surface area contributed by atoms with E-state index in [1.165, 1.54) is 25.7 Å². The highest BCUT2D eigenvalue weighted by molar-refractivity contribution is 7.47. The summed E-state index contributed by atoms with van der Waals surface area (Å²) in [5.41, 5.74) is 0. The monoisotopic (exact) mass is 817 g/mol. The van der Waals surface area contributed by atoms with Gasteiger partial charge in [-0.05, 0) is 70.6 Å². The third kappa shape index (κ3) is 26.3. The molecule has 0 aromatic rings. The molecule has 0 aliphatic heterocycles. The third-order valence-corrected chi connectivity index (χ3v) is 10.7. The lowest BCUT2D eigenvalue weighted by Gasteiger charge is -2.41. The van der Waals surface area contributed by atoms with Crippen LogP contribution >= 0.6 is 7.82 Å². The van der Waals surface area contributed by atoms with Crippen molar-refractivity contribution in [1.82, 2.24) is 0 Å². The number of rotatable bonds is 35. The van der Waals surface area contributed by atoms with E-state index in [1.807, 2.05) is 0 Å². The van der Waals surface area contributed by atoms with E-state index in [9.17, 15) is 39.8 Å². The maximum Gasteiger partial charge on any atom is 0.472 e. The van der Waals surface area contributed by atoms with Crippen molar-refractivity contribution in [1.29, 1.82) is 0 Å². The Bertz CT molecular complexity index is 1110. The van der Waals surface area contributed by atoms with Crippen molar-refractivity contribution in [2.75, 3.05) is 19.8 Å². The fourth-order valence-electron chi connectivity index (χ4n) is 6.25. The van der Waals surface area contributed by atoms with Crippen molar-refractivity contribution >= 4 is 13.8 Å². The van der Waals surface area contributed by atoms with Crippen LogP contribution in [-0.4, -0.2) is 98.9 Å². The topological polar surface area (TPSA) is 192 Å². The van der Waals surface area contributed by atoms with Gasteiger partial charge in [0.05, 0.1) is 13.2 Å². The predicted molar refractivity (Wildman–Crippen MR) is 221 cm³/mol. The maximum absolute atomic E-state index is 12.8. The zero-order valence-corrected chi connectivity index (χ0v) is 35.3. The third-order valence-electron chi connectivity index (χ3n) is 9.69. The fraction of sp³-hybridized carbons (Fsp3) is 0.791. The Morgan fingerprint density at radius 1 is 0.589 bits per heavy atom. The van der Waals surface area contributed by atoms with Crippen LogP contribution in [0.4, 0.5) is 0 Å². The molecule has 0 amide bonds. The predicted octanol–water partition coefficient (Wildman–Crippen LogP) is 8.08. The van der Waals surface area contributed by atoms with E-state index in [1.54, 1.807) is 0 Å². The number of aliphatic hydroxyl groups excluding tert-OH is 5. The Balaban J connectivity index is 2.45. The molecule has 0 heterocycles. The molecule has 0 spiro atoms. The van der Waals surface area contributed by atoms with Crippen LogP contribution in [0.5, 0.6) is 0 Å². The average Bonchev–Trinajstić information content (AvgIpc) is 3.18. The molecule has 1 rings (SSSR count). The molecule has 0 radical (unpaired) electrons. The van der Waals surface area contributed by atoms with E-state index < -0.39 is 63.1 Å². The second-order valence-corrected chi connectivity index (χ2v) is 16.2. The van der Waals surface area contributed by atoms with Gasteiger partial charge in [0.2, 0.25) is 0 Å². The van der Waals surface area contributed by atoms with Gasteiger partial charge in [0.15, 0.2) is 0 Å². The van der Waals surface area contributed by atoms with E-state index in [-0.39, 0.29) is 13.0 Å². The van der Waals surface area contributed by atoms with Crippen LogP contribution in [0.3, 0.4) is 0 Å². The van der Waals surface area contributed by atoms with Crippen molar-refractivity contribution in [3.05, 3.63) is 48.6 Å². The standard InChI is InChI=1S/C43H77O12P/c1-3-5-7-9-11-13-15-17-18-19-21-23-25-27-29-31-33-52-34-36(35-53-56(50,51)55-43-41(48)39(46)38(45)40(47)42(43)49)54-37(44)32-30-28-26-24-22-20-16-14-12-10-8-6-4-2/h5,7,11,13-14,16-18,36,38-43,45-49H,3-4,6,8-10,12,15,19-35H2,1-2H3,(H,50,51)/b7-5-,13-11-,16-14-,18-17-. The van der Waals surface area contributed by atoms with Crippen LogP contribution in [0.2, 0.25) is 0 Å². The first-order valence-electron chi connectivity index (χ1n) is 21.5. The quantitative estimate of drug-likeness (QED) is 0.0156. The number of phosphoric ester groups is 1. The first-order chi connectivity index (χ1) is 27.0. The Labute approximate surface area is 337 Å². The molecule has 0 saturated heterocycles. The van der Waals surface area contributed by atoms with Gasteiger partial charge >= 0.3 is 13.8 Å². The lowest BCUT2D eigenvalue weighted by Crippen LogP contribution is -2.64. The van der Waals surface area contributed by atoms with Gasteiger partial charge in [-0.2, -0.15) is 0 Å². The molecule has 12 nitrogen and oxygen atoms in total. The molecule has 1 aliphatic carbocycles. The number of esters is 1. The summed E-state index contributed by atoms with van der Waals surface area (Å²) < 4.78 is 34.1. The summed E-state index contributed by atoms with van der Waals surface area (Å²) in [5, 5.41) is 50.1. The zero-order valence-electron chi connectivity index (χ0n) is 34.4. The van der Waals surface area contributed by atoms with Gasteiger partial charge < -0.3 is 39.9 Å². The summed E-state index contributed by atoms with van der Waals surface area (Å²) in [6.45, 7) is 4.07. The molecule has 1 fully saturated rings. The van der Waals surface area contributed by atoms with E-state index in [0.717, 1.165) is 103 Å². The van der Waals surface area contributed by atoms with Crippen molar-refractivity contribution in [3.8, 4) is 0 Å². The molecule has 6 N–H and O–H groups in total. The molecule has 56 heavy (non-hydrogen) atoms. The van der Waals surface area contributed by atoms with E-state index in [2.05, 4.69) is 62.5 Å². The van der Waals surface area contributed by atoms with E-state index in [4.69, 9.17) is 18.5 Å². The molecule has 6 atom stereocenters. The molecule has 1 aliphatic rings. The number of hydrogen-bond donors (Lipinski definition) is 6. The average molecular weight is 817 g/mol. The van der Waals surface area contributed by atoms with Crippen molar-refractivity contribution in [2.45, 2.75) is 198 Å². The van der Waals surface area contributed by atoms with Crippen LogP contribution < -0.4 is 0 Å². The number of carbonyl (C=O) groups excluding carboxylic acids is 1. The Hall–Kier alpha value is -1.70. The zero-order chi connectivity index (χ0) is 41.3. The molecule has 13 heteroatoms. The van der Waals surface area contributed by atoms with Gasteiger partial charge in [-0.15, -0.1) is 0 Å². The Morgan fingerprint density at radius 3 is 1.62 bits per heavy atom. The number of phosphoric acid groups is 1. The maximum atomic E-state index is 12.8. The summed E-state index contributed by atoms with van der Waals surface area (Å²) in [6, 6.07) is 0. The second kappa shape index (κ2) is 34.2. The first-order valence-corrected chi connectivity index (χ1v) is 23.0. The number of aliphatic hydroxyl groups is 5. The number of allylic oxidation sites excluding steroid dienone is 8. The highest BCUT2D eigenvalue weighted by Crippen LogP contribution is 2.47. The SMILES string of the molecule is CC/C=C\C/C=C\C/C=C\CCCCCCCCOCC(COP(=O)(O)OC1C(O)C(O)C(O)C(O)C1O)OC(=O)CCCCCCC/C=C\CCCCCC. The summed E-state index contributed by atoms with van der Waals surface area (Å²) in [6.07, 6.45) is 27.5. The van der Waals surface area contributed by atoms with Gasteiger partial charge in [-0.25, -0.2) is 4.57 Å². The highest BCUT2D eigenvalue weighted by Gasteiger charge is 2.51. The van der Waals surface area contributed by atoms with Crippen LogP contribution in [-0.2, 0) is 27.9 Å². The van der Waals surface area contributed by atoms with Gasteiger partial charge in [-0.1, -0.05) is 127 Å². The van der Waals surface area contributed by atoms with Crippen LogP contribution in [0, 0.1) is 0 Å². The molecule has 6 unspecified atom stereocenters. The van der Waals surface area contributed by atoms with E-state index >= 15 is 0 Å². The summed E-state index contributed by atoms with van der Waals surface area (Å²) in [5.74, 6) is -0.494. The number of unbranched alkanes of at least 4 members (excludes halogenated alkanes) is 15. The summed E-state index contributed by atoms with van der Waals surface area (Å²) >= 11 is 0.